The van der Waals surface area contributed by atoms with E-state index in [0.29, 0.717) is 36.0 Å². The predicted octanol–water partition coefficient (Wildman–Crippen LogP) is 4.51. The first-order valence-electron chi connectivity index (χ1n) is 9.37. The van der Waals surface area contributed by atoms with Crippen LogP contribution in [0.2, 0.25) is 0 Å². The summed E-state index contributed by atoms with van der Waals surface area (Å²) in [7, 11) is 0. The van der Waals surface area contributed by atoms with Crippen molar-refractivity contribution in [3.05, 3.63) is 60.2 Å². The standard InChI is InChI=1S/C22H24O2/c23-20(24)11-10-16-18-9-8-17-15(13-4-2-1-3-5-13)7-6-14-12-19(16)22(18)21(14)17/h1-9,14-19,21-22H,10-12H2,(H,23,24)/t14-,15+,16-,17+,18-,19+,21-,22-/m1/s1. The van der Waals surface area contributed by atoms with Crippen LogP contribution in [0.3, 0.4) is 0 Å². The van der Waals surface area contributed by atoms with Crippen molar-refractivity contribution in [2.24, 2.45) is 41.4 Å². The van der Waals surface area contributed by atoms with Gasteiger partial charge in [0, 0.05) is 12.3 Å². The van der Waals surface area contributed by atoms with Crippen LogP contribution >= 0.6 is 0 Å². The van der Waals surface area contributed by atoms with Gasteiger partial charge in [-0.3, -0.25) is 4.79 Å². The summed E-state index contributed by atoms with van der Waals surface area (Å²) in [6.45, 7) is 0. The Bertz CT molecular complexity index is 704. The number of carbonyl (C=O) groups is 1. The molecule has 0 aliphatic heterocycles. The molecule has 0 bridgehead atoms. The van der Waals surface area contributed by atoms with Gasteiger partial charge in [0.25, 0.3) is 0 Å². The molecule has 124 valence electrons. The zero-order valence-corrected chi connectivity index (χ0v) is 13.8. The van der Waals surface area contributed by atoms with Crippen molar-refractivity contribution in [3.8, 4) is 0 Å². The monoisotopic (exact) mass is 320 g/mol. The van der Waals surface area contributed by atoms with Crippen LogP contribution in [0.1, 0.15) is 30.7 Å². The summed E-state index contributed by atoms with van der Waals surface area (Å²) in [4.78, 5) is 11.0. The number of carboxylic acids is 1. The van der Waals surface area contributed by atoms with Gasteiger partial charge in [0.15, 0.2) is 0 Å². The second-order valence-corrected chi connectivity index (χ2v) is 8.18. The fraction of sp³-hybridized carbons (Fsp3) is 0.500. The minimum Gasteiger partial charge on any atom is -0.481 e. The van der Waals surface area contributed by atoms with Crippen LogP contribution in [-0.2, 0) is 4.79 Å². The molecule has 0 unspecified atom stereocenters. The largest absolute Gasteiger partial charge is 0.481 e. The average molecular weight is 320 g/mol. The van der Waals surface area contributed by atoms with E-state index >= 15 is 0 Å². The lowest BCUT2D eigenvalue weighted by molar-refractivity contribution is -0.138. The minimum atomic E-state index is -0.643. The highest BCUT2D eigenvalue weighted by atomic mass is 16.4. The summed E-state index contributed by atoms with van der Waals surface area (Å²) < 4.78 is 0. The van der Waals surface area contributed by atoms with E-state index in [0.717, 1.165) is 24.2 Å². The fourth-order valence-electron chi connectivity index (χ4n) is 6.49. The van der Waals surface area contributed by atoms with Crippen LogP contribution in [0.4, 0.5) is 0 Å². The van der Waals surface area contributed by atoms with E-state index in [-0.39, 0.29) is 0 Å². The van der Waals surface area contributed by atoms with E-state index in [1.807, 2.05) is 0 Å². The van der Waals surface area contributed by atoms with Crippen LogP contribution in [0.5, 0.6) is 0 Å². The van der Waals surface area contributed by atoms with Gasteiger partial charge in [0.2, 0.25) is 0 Å². The van der Waals surface area contributed by atoms with E-state index in [4.69, 9.17) is 5.11 Å². The summed E-state index contributed by atoms with van der Waals surface area (Å²) in [5.41, 5.74) is 1.44. The molecule has 8 atom stereocenters. The van der Waals surface area contributed by atoms with Gasteiger partial charge >= 0.3 is 5.97 Å². The predicted molar refractivity (Wildman–Crippen MR) is 93.4 cm³/mol. The molecule has 4 aliphatic carbocycles. The Morgan fingerprint density at radius 1 is 1.00 bits per heavy atom. The van der Waals surface area contributed by atoms with Gasteiger partial charge in [0.05, 0.1) is 0 Å². The van der Waals surface area contributed by atoms with Gasteiger partial charge < -0.3 is 5.11 Å². The van der Waals surface area contributed by atoms with Crippen LogP contribution in [0.25, 0.3) is 0 Å². The molecular formula is C22H24O2. The first-order valence-corrected chi connectivity index (χ1v) is 9.37. The van der Waals surface area contributed by atoms with Gasteiger partial charge in [-0.05, 0) is 59.8 Å². The molecule has 1 aromatic rings. The summed E-state index contributed by atoms with van der Waals surface area (Å²) >= 11 is 0. The first-order chi connectivity index (χ1) is 11.7. The average Bonchev–Trinajstić information content (AvgIpc) is 2.93. The number of hydrogen-bond donors (Lipinski definition) is 1. The Balaban J connectivity index is 1.44. The third-order valence-electron chi connectivity index (χ3n) is 7.32. The maximum absolute atomic E-state index is 11.0. The number of rotatable bonds is 4. The Kier molecular flexibility index (Phi) is 3.23. The molecule has 0 aromatic heterocycles. The van der Waals surface area contributed by atoms with Crippen LogP contribution < -0.4 is 0 Å². The lowest BCUT2D eigenvalue weighted by atomic mass is 9.50. The Morgan fingerprint density at radius 3 is 2.58 bits per heavy atom. The van der Waals surface area contributed by atoms with Gasteiger partial charge in [-0.2, -0.15) is 0 Å². The van der Waals surface area contributed by atoms with Crippen LogP contribution in [0, 0.1) is 41.4 Å². The molecular weight excluding hydrogens is 296 g/mol. The van der Waals surface area contributed by atoms with Crippen LogP contribution in [-0.4, -0.2) is 11.1 Å². The number of carboxylic acid groups (broad SMARTS) is 1. The summed E-state index contributed by atoms with van der Waals surface area (Å²) in [5.74, 6) is 4.82. The van der Waals surface area contributed by atoms with Crippen molar-refractivity contribution < 1.29 is 9.90 Å². The number of hydrogen-bond acceptors (Lipinski definition) is 1. The second-order valence-electron chi connectivity index (χ2n) is 8.18. The molecule has 1 aromatic carbocycles. The molecule has 0 radical (unpaired) electrons. The quantitative estimate of drug-likeness (QED) is 0.829. The lowest BCUT2D eigenvalue weighted by Crippen LogP contribution is -2.49. The van der Waals surface area contributed by atoms with E-state index < -0.39 is 5.97 Å². The Morgan fingerprint density at radius 2 is 1.79 bits per heavy atom. The molecule has 0 spiro atoms. The second kappa shape index (κ2) is 5.34. The van der Waals surface area contributed by atoms with Crippen molar-refractivity contribution >= 4 is 5.97 Å². The van der Waals surface area contributed by atoms with Gasteiger partial charge in [0.1, 0.15) is 0 Å². The highest BCUT2D eigenvalue weighted by molar-refractivity contribution is 5.66. The van der Waals surface area contributed by atoms with Crippen molar-refractivity contribution in [1.82, 2.24) is 0 Å². The van der Waals surface area contributed by atoms with Crippen molar-refractivity contribution in [2.45, 2.75) is 25.2 Å². The first kappa shape index (κ1) is 14.5. The molecule has 2 heteroatoms. The van der Waals surface area contributed by atoms with Gasteiger partial charge in [-0.1, -0.05) is 54.6 Å². The van der Waals surface area contributed by atoms with E-state index in [1.54, 1.807) is 0 Å². The third-order valence-corrected chi connectivity index (χ3v) is 7.32. The molecule has 0 amide bonds. The Labute approximate surface area is 143 Å². The topological polar surface area (TPSA) is 37.3 Å². The molecule has 0 heterocycles. The smallest absolute Gasteiger partial charge is 0.303 e. The van der Waals surface area contributed by atoms with Crippen molar-refractivity contribution in [3.63, 3.8) is 0 Å². The maximum Gasteiger partial charge on any atom is 0.303 e. The molecule has 5 rings (SSSR count). The molecule has 1 N–H and O–H groups in total. The fourth-order valence-corrected chi connectivity index (χ4v) is 6.49. The maximum atomic E-state index is 11.0. The Hall–Kier alpha value is -1.83. The molecule has 2 saturated carbocycles. The highest BCUT2D eigenvalue weighted by Gasteiger charge is 2.62. The lowest BCUT2D eigenvalue weighted by Gasteiger charge is -2.54. The molecule has 4 aliphatic rings. The summed E-state index contributed by atoms with van der Waals surface area (Å²) in [6.07, 6.45) is 12.3. The molecule has 24 heavy (non-hydrogen) atoms. The highest BCUT2D eigenvalue weighted by Crippen LogP contribution is 2.68. The molecule has 0 saturated heterocycles. The number of benzene rings is 1. The van der Waals surface area contributed by atoms with E-state index in [1.165, 1.54) is 12.0 Å². The summed E-state index contributed by atoms with van der Waals surface area (Å²) in [5, 5.41) is 9.03. The molecule has 2 nitrogen and oxygen atoms in total. The minimum absolute atomic E-state index is 0.333. The van der Waals surface area contributed by atoms with Gasteiger partial charge in [-0.15, -0.1) is 0 Å². The zero-order chi connectivity index (χ0) is 16.3. The van der Waals surface area contributed by atoms with Crippen molar-refractivity contribution in [1.29, 1.82) is 0 Å². The number of aliphatic carboxylic acids is 1. The van der Waals surface area contributed by atoms with E-state index in [9.17, 15) is 4.79 Å². The van der Waals surface area contributed by atoms with Crippen LogP contribution in [0.15, 0.2) is 54.6 Å². The number of allylic oxidation sites excluding steroid dienone is 4. The normalized spacial score (nSPS) is 44.0. The zero-order valence-electron chi connectivity index (χ0n) is 13.8. The van der Waals surface area contributed by atoms with Crippen molar-refractivity contribution in [2.75, 3.05) is 0 Å². The third kappa shape index (κ3) is 1.98. The molecule has 2 fully saturated rings. The SMILES string of the molecule is O=C(O)CC[C@@H]1[C@H]2C=C[C@@H]3[C@@H]4[C@H]2[C@H]1C[C@H]4C=C[C@H]3c1ccccc1. The summed E-state index contributed by atoms with van der Waals surface area (Å²) in [6, 6.07) is 10.9. The van der Waals surface area contributed by atoms with E-state index in [2.05, 4.69) is 54.6 Å². The van der Waals surface area contributed by atoms with Gasteiger partial charge in [-0.25, -0.2) is 0 Å².